The van der Waals surface area contributed by atoms with Crippen molar-refractivity contribution in [3.05, 3.63) is 0 Å². The lowest BCUT2D eigenvalue weighted by Crippen LogP contribution is -2.30. The molecule has 0 spiro atoms. The van der Waals surface area contributed by atoms with E-state index in [0.29, 0.717) is 12.2 Å². The maximum atomic E-state index is 6.56. The molecule has 0 radical (unpaired) electrons. The summed E-state index contributed by atoms with van der Waals surface area (Å²) in [5.41, 5.74) is 0. The van der Waals surface area contributed by atoms with Gasteiger partial charge < -0.3 is 4.74 Å². The van der Waals surface area contributed by atoms with Gasteiger partial charge in [-0.05, 0) is 31.6 Å². The van der Waals surface area contributed by atoms with Crippen LogP contribution in [0.2, 0.25) is 0 Å². The third kappa shape index (κ3) is 8.86. The van der Waals surface area contributed by atoms with Crippen molar-refractivity contribution in [2.75, 3.05) is 0 Å². The minimum atomic E-state index is 0.545. The third-order valence-corrected chi connectivity index (χ3v) is 5.16. The number of ether oxygens (including phenoxy) is 1. The van der Waals surface area contributed by atoms with Crippen LogP contribution in [0.15, 0.2) is 0 Å². The lowest BCUT2D eigenvalue weighted by atomic mass is 9.87. The minimum absolute atomic E-state index is 0.545. The van der Waals surface area contributed by atoms with Gasteiger partial charge in [-0.15, -0.1) is 0 Å². The Morgan fingerprint density at radius 1 is 0.810 bits per heavy atom. The van der Waals surface area contributed by atoms with E-state index in [9.17, 15) is 0 Å². The molecule has 0 aromatic rings. The summed E-state index contributed by atoms with van der Waals surface area (Å²) in [4.78, 5) is 0. The van der Waals surface area contributed by atoms with Gasteiger partial charge in [-0.3, -0.25) is 0 Å². The fraction of sp³-hybridized carbons (Fsp3) is 1.00. The quantitative estimate of drug-likeness (QED) is 0.356. The molecule has 1 heteroatoms. The van der Waals surface area contributed by atoms with Crippen molar-refractivity contribution in [3.63, 3.8) is 0 Å². The van der Waals surface area contributed by atoms with Crippen molar-refractivity contribution in [2.24, 2.45) is 5.92 Å². The van der Waals surface area contributed by atoms with Crippen molar-refractivity contribution in [3.8, 4) is 0 Å². The van der Waals surface area contributed by atoms with Crippen molar-refractivity contribution in [2.45, 2.75) is 123 Å². The van der Waals surface area contributed by atoms with E-state index in [1.807, 2.05) is 0 Å². The summed E-state index contributed by atoms with van der Waals surface area (Å²) >= 11 is 0. The monoisotopic (exact) mass is 296 g/mol. The van der Waals surface area contributed by atoms with E-state index in [-0.39, 0.29) is 0 Å². The number of hydrogen-bond acceptors (Lipinski definition) is 1. The first-order valence-corrected chi connectivity index (χ1v) is 9.93. The number of unbranched alkanes of at least 4 members (excludes halogenated alkanes) is 6. The van der Waals surface area contributed by atoms with E-state index in [4.69, 9.17) is 4.74 Å². The predicted molar refractivity (Wildman–Crippen MR) is 93.8 cm³/mol. The molecule has 3 atom stereocenters. The van der Waals surface area contributed by atoms with Crippen LogP contribution in [-0.4, -0.2) is 12.2 Å². The van der Waals surface area contributed by atoms with Crippen LogP contribution in [0.1, 0.15) is 111 Å². The van der Waals surface area contributed by atoms with Crippen LogP contribution >= 0.6 is 0 Å². The third-order valence-electron chi connectivity index (χ3n) is 5.16. The standard InChI is InChI=1S/C20H40O/c1-4-6-8-9-11-16-19(15-10-7-5-2)21-20-17-13-12-14-18(20)3/h18-20H,4-17H2,1-3H3/t18-,19?,20-/m0/s1. The number of hydrogen-bond donors (Lipinski definition) is 0. The molecule has 0 saturated heterocycles. The molecular formula is C20H40O. The van der Waals surface area contributed by atoms with Crippen LogP contribution in [0.5, 0.6) is 0 Å². The van der Waals surface area contributed by atoms with E-state index in [1.54, 1.807) is 0 Å². The Balaban J connectivity index is 2.28. The highest BCUT2D eigenvalue weighted by Gasteiger charge is 2.24. The first-order valence-electron chi connectivity index (χ1n) is 9.93. The first-order chi connectivity index (χ1) is 10.3. The van der Waals surface area contributed by atoms with E-state index in [1.165, 1.54) is 89.9 Å². The topological polar surface area (TPSA) is 9.23 Å². The zero-order chi connectivity index (χ0) is 15.3. The van der Waals surface area contributed by atoms with E-state index < -0.39 is 0 Å². The van der Waals surface area contributed by atoms with Gasteiger partial charge in [0.15, 0.2) is 0 Å². The second kappa shape index (κ2) is 12.5. The Labute approximate surface area is 134 Å². The second-order valence-corrected chi connectivity index (χ2v) is 7.26. The van der Waals surface area contributed by atoms with Gasteiger partial charge in [-0.1, -0.05) is 85.0 Å². The molecule has 0 heterocycles. The van der Waals surface area contributed by atoms with Crippen LogP contribution in [0.3, 0.4) is 0 Å². The van der Waals surface area contributed by atoms with Crippen LogP contribution in [-0.2, 0) is 4.74 Å². The molecule has 1 fully saturated rings. The van der Waals surface area contributed by atoms with E-state index in [0.717, 1.165) is 5.92 Å². The largest absolute Gasteiger partial charge is 0.375 e. The maximum absolute atomic E-state index is 6.56. The van der Waals surface area contributed by atoms with E-state index >= 15 is 0 Å². The van der Waals surface area contributed by atoms with Gasteiger partial charge in [-0.25, -0.2) is 0 Å². The molecule has 21 heavy (non-hydrogen) atoms. The molecule has 1 saturated carbocycles. The van der Waals surface area contributed by atoms with Crippen molar-refractivity contribution in [1.82, 2.24) is 0 Å². The fourth-order valence-electron chi connectivity index (χ4n) is 3.61. The number of rotatable bonds is 12. The van der Waals surface area contributed by atoms with Gasteiger partial charge in [0.1, 0.15) is 0 Å². The summed E-state index contributed by atoms with van der Waals surface area (Å²) < 4.78 is 6.56. The minimum Gasteiger partial charge on any atom is -0.375 e. The van der Waals surface area contributed by atoms with Gasteiger partial charge in [0.25, 0.3) is 0 Å². The van der Waals surface area contributed by atoms with Gasteiger partial charge in [-0.2, -0.15) is 0 Å². The Morgan fingerprint density at radius 3 is 2.05 bits per heavy atom. The lowest BCUT2D eigenvalue weighted by Gasteiger charge is -2.32. The first kappa shape index (κ1) is 19.0. The predicted octanol–water partition coefficient (Wildman–Crippen LogP) is 6.89. The summed E-state index contributed by atoms with van der Waals surface area (Å²) in [5.74, 6) is 0.785. The zero-order valence-corrected chi connectivity index (χ0v) is 15.0. The van der Waals surface area contributed by atoms with Crippen molar-refractivity contribution < 1.29 is 4.74 Å². The summed E-state index contributed by atoms with van der Waals surface area (Å²) in [6.07, 6.45) is 20.2. The maximum Gasteiger partial charge on any atom is 0.0604 e. The van der Waals surface area contributed by atoms with Gasteiger partial charge in [0.2, 0.25) is 0 Å². The molecule has 0 aliphatic heterocycles. The molecule has 1 rings (SSSR count). The van der Waals surface area contributed by atoms with Crippen LogP contribution in [0.25, 0.3) is 0 Å². The molecule has 1 nitrogen and oxygen atoms in total. The molecule has 1 aliphatic carbocycles. The van der Waals surface area contributed by atoms with Crippen LogP contribution in [0, 0.1) is 5.92 Å². The molecule has 0 aromatic heterocycles. The SMILES string of the molecule is CCCCCCCC(CCCCC)O[C@H]1CCCC[C@@H]1C. The summed E-state index contributed by atoms with van der Waals surface area (Å²) in [6.45, 7) is 6.99. The molecule has 0 bridgehead atoms. The van der Waals surface area contributed by atoms with Gasteiger partial charge in [0, 0.05) is 0 Å². The molecule has 1 unspecified atom stereocenters. The Kier molecular flexibility index (Phi) is 11.3. The van der Waals surface area contributed by atoms with E-state index in [2.05, 4.69) is 20.8 Å². The smallest absolute Gasteiger partial charge is 0.0604 e. The molecule has 1 aliphatic rings. The fourth-order valence-corrected chi connectivity index (χ4v) is 3.61. The normalized spacial score (nSPS) is 24.1. The van der Waals surface area contributed by atoms with Crippen molar-refractivity contribution in [1.29, 1.82) is 0 Å². The Morgan fingerprint density at radius 2 is 1.38 bits per heavy atom. The zero-order valence-electron chi connectivity index (χ0n) is 15.0. The second-order valence-electron chi connectivity index (χ2n) is 7.26. The van der Waals surface area contributed by atoms with Crippen molar-refractivity contribution >= 4 is 0 Å². The average molecular weight is 297 g/mol. The highest BCUT2D eigenvalue weighted by Crippen LogP contribution is 2.29. The van der Waals surface area contributed by atoms with Crippen LogP contribution in [0.4, 0.5) is 0 Å². The molecule has 0 aromatic carbocycles. The average Bonchev–Trinajstić information content (AvgIpc) is 2.49. The summed E-state index contributed by atoms with van der Waals surface area (Å²) in [5, 5.41) is 0. The van der Waals surface area contributed by atoms with Gasteiger partial charge >= 0.3 is 0 Å². The van der Waals surface area contributed by atoms with Crippen LogP contribution < -0.4 is 0 Å². The molecule has 0 N–H and O–H groups in total. The highest BCUT2D eigenvalue weighted by molar-refractivity contribution is 4.74. The summed E-state index contributed by atoms with van der Waals surface area (Å²) in [6, 6.07) is 0. The lowest BCUT2D eigenvalue weighted by molar-refractivity contribution is -0.0630. The summed E-state index contributed by atoms with van der Waals surface area (Å²) in [7, 11) is 0. The Bertz CT molecular complexity index is 226. The molecule has 126 valence electrons. The highest BCUT2D eigenvalue weighted by atomic mass is 16.5. The van der Waals surface area contributed by atoms with Gasteiger partial charge in [0.05, 0.1) is 12.2 Å². The molecular weight excluding hydrogens is 256 g/mol. The Hall–Kier alpha value is -0.0400. The molecule has 0 amide bonds.